The third-order valence-electron chi connectivity index (χ3n) is 5.95. The first-order chi connectivity index (χ1) is 14.2. The lowest BCUT2D eigenvalue weighted by molar-refractivity contribution is 0.643. The first-order valence-electron chi connectivity index (χ1n) is 10.8. The zero-order valence-corrected chi connectivity index (χ0v) is 17.5. The van der Waals surface area contributed by atoms with Gasteiger partial charge in [-0.25, -0.2) is 0 Å². The minimum atomic E-state index is 0.661. The van der Waals surface area contributed by atoms with Crippen molar-refractivity contribution in [1.29, 1.82) is 0 Å². The lowest BCUT2D eigenvalue weighted by atomic mass is 9.84. The van der Waals surface area contributed by atoms with Gasteiger partial charge in [-0.05, 0) is 81.4 Å². The summed E-state index contributed by atoms with van der Waals surface area (Å²) in [7, 11) is 0. The quantitative estimate of drug-likeness (QED) is 0.474. The van der Waals surface area contributed by atoms with Crippen LogP contribution in [0.4, 0.5) is 0 Å². The smallest absolute Gasteiger partial charge is 0.0249 e. The van der Waals surface area contributed by atoms with Crippen LogP contribution in [0.1, 0.15) is 60.8 Å². The van der Waals surface area contributed by atoms with E-state index in [1.54, 1.807) is 0 Å². The van der Waals surface area contributed by atoms with E-state index in [0.717, 1.165) is 24.0 Å². The number of rotatable bonds is 1. The van der Waals surface area contributed by atoms with E-state index < -0.39 is 0 Å². The second kappa shape index (κ2) is 9.03. The highest BCUT2D eigenvalue weighted by molar-refractivity contribution is 5.52. The van der Waals surface area contributed by atoms with Gasteiger partial charge >= 0.3 is 0 Å². The van der Waals surface area contributed by atoms with Gasteiger partial charge in [0.05, 0.1) is 0 Å². The summed E-state index contributed by atoms with van der Waals surface area (Å²) in [6.07, 6.45) is 9.63. The molecular formula is C29H28. The molecule has 144 valence electrons. The molecule has 0 saturated heterocycles. The number of allylic oxidation sites excluding steroid dienone is 4. The van der Waals surface area contributed by atoms with Crippen LogP contribution in [0.5, 0.6) is 0 Å². The summed E-state index contributed by atoms with van der Waals surface area (Å²) in [5, 5.41) is 0. The molecule has 0 aliphatic heterocycles. The molecular weight excluding hydrogens is 348 g/mol. The predicted molar refractivity (Wildman–Crippen MR) is 122 cm³/mol. The van der Waals surface area contributed by atoms with Crippen molar-refractivity contribution < 1.29 is 0 Å². The summed E-state index contributed by atoms with van der Waals surface area (Å²) in [6, 6.07) is 17.0. The Kier molecular flexibility index (Phi) is 6.03. The van der Waals surface area contributed by atoms with E-state index in [1.165, 1.54) is 53.5 Å². The molecule has 1 fully saturated rings. The van der Waals surface area contributed by atoms with Gasteiger partial charge in [-0.1, -0.05) is 71.9 Å². The molecule has 2 aliphatic carbocycles. The summed E-state index contributed by atoms with van der Waals surface area (Å²) in [5.74, 6) is 14.4. The largest absolute Gasteiger partial charge is 0.0661 e. The number of hydrogen-bond acceptors (Lipinski definition) is 0. The van der Waals surface area contributed by atoms with Gasteiger partial charge in [-0.2, -0.15) is 0 Å². The summed E-state index contributed by atoms with van der Waals surface area (Å²) in [6.45, 7) is 4.22. The molecule has 0 spiro atoms. The molecule has 0 bridgehead atoms. The first kappa shape index (κ1) is 19.4. The van der Waals surface area contributed by atoms with Crippen molar-refractivity contribution in [3.05, 3.63) is 93.6 Å². The molecule has 0 amide bonds. The summed E-state index contributed by atoms with van der Waals surface area (Å²) >= 11 is 0. The Hall–Kier alpha value is -2.96. The Balaban J connectivity index is 1.63. The van der Waals surface area contributed by atoms with Gasteiger partial charge in [-0.15, -0.1) is 0 Å². The van der Waals surface area contributed by atoms with Crippen molar-refractivity contribution in [2.75, 3.05) is 0 Å². The van der Waals surface area contributed by atoms with E-state index in [1.807, 2.05) is 0 Å². The lowest BCUT2D eigenvalue weighted by Gasteiger charge is -2.19. The molecule has 0 N–H and O–H groups in total. The average molecular weight is 377 g/mol. The monoisotopic (exact) mass is 376 g/mol. The molecule has 0 atom stereocenters. The van der Waals surface area contributed by atoms with Gasteiger partial charge in [0.25, 0.3) is 0 Å². The third kappa shape index (κ3) is 5.10. The number of benzene rings is 2. The van der Waals surface area contributed by atoms with Crippen molar-refractivity contribution in [1.82, 2.24) is 0 Å². The van der Waals surface area contributed by atoms with E-state index in [2.05, 4.69) is 92.1 Å². The summed E-state index contributed by atoms with van der Waals surface area (Å²) < 4.78 is 0. The van der Waals surface area contributed by atoms with Crippen molar-refractivity contribution in [3.8, 4) is 23.7 Å². The molecule has 0 nitrogen and oxygen atoms in total. The van der Waals surface area contributed by atoms with Crippen molar-refractivity contribution >= 4 is 0 Å². The maximum absolute atomic E-state index is 3.52. The van der Waals surface area contributed by atoms with Crippen LogP contribution in [0.15, 0.2) is 71.3 Å². The Labute approximate surface area is 175 Å². The molecule has 2 aromatic rings. The maximum atomic E-state index is 3.52. The van der Waals surface area contributed by atoms with Crippen LogP contribution in [-0.4, -0.2) is 0 Å². The molecule has 0 aromatic heterocycles. The topological polar surface area (TPSA) is 0 Å². The molecule has 2 aliphatic rings. The maximum Gasteiger partial charge on any atom is 0.0249 e. The highest BCUT2D eigenvalue weighted by Gasteiger charge is 2.23. The fourth-order valence-electron chi connectivity index (χ4n) is 4.16. The van der Waals surface area contributed by atoms with Crippen LogP contribution in [0.2, 0.25) is 0 Å². The summed E-state index contributed by atoms with van der Waals surface area (Å²) in [5.41, 5.74) is 8.79. The predicted octanol–water partition coefficient (Wildman–Crippen LogP) is 6.91. The van der Waals surface area contributed by atoms with Crippen LogP contribution in [-0.2, 0) is 0 Å². The van der Waals surface area contributed by atoms with Gasteiger partial charge in [0.1, 0.15) is 0 Å². The fourth-order valence-corrected chi connectivity index (χ4v) is 4.16. The third-order valence-corrected chi connectivity index (χ3v) is 5.95. The van der Waals surface area contributed by atoms with E-state index >= 15 is 0 Å². The molecule has 0 radical (unpaired) electrons. The Morgan fingerprint density at radius 1 is 0.655 bits per heavy atom. The molecule has 1 saturated carbocycles. The van der Waals surface area contributed by atoms with Crippen LogP contribution >= 0.6 is 0 Å². The van der Waals surface area contributed by atoms with Gasteiger partial charge in [0.15, 0.2) is 0 Å². The molecule has 0 heteroatoms. The van der Waals surface area contributed by atoms with Gasteiger partial charge in [0, 0.05) is 22.3 Å². The van der Waals surface area contributed by atoms with Gasteiger partial charge in [-0.3, -0.25) is 0 Å². The molecule has 4 rings (SSSR count). The standard InChI is InChI=1S/C29H28/c1-22-7-11-24(12-8-22)15-16-26-18-20-28(29(21-26)27-5-3-4-6-27)19-17-25-13-9-23(2)10-14-25/h7-14,21,27H,3-6,18,20H2,1-2H3. The van der Waals surface area contributed by atoms with Crippen molar-refractivity contribution in [2.24, 2.45) is 5.92 Å². The van der Waals surface area contributed by atoms with E-state index in [9.17, 15) is 0 Å². The number of aryl methyl sites for hydroxylation is 2. The van der Waals surface area contributed by atoms with Gasteiger partial charge in [0.2, 0.25) is 0 Å². The highest BCUT2D eigenvalue weighted by atomic mass is 14.3. The van der Waals surface area contributed by atoms with E-state index in [4.69, 9.17) is 0 Å². The second-order valence-corrected chi connectivity index (χ2v) is 8.32. The fraction of sp³-hybridized carbons (Fsp3) is 0.310. The average Bonchev–Trinajstić information content (AvgIpc) is 3.28. The Morgan fingerprint density at radius 3 is 1.79 bits per heavy atom. The Morgan fingerprint density at radius 2 is 1.21 bits per heavy atom. The van der Waals surface area contributed by atoms with Crippen LogP contribution in [0.3, 0.4) is 0 Å². The zero-order chi connectivity index (χ0) is 20.1. The molecule has 2 aromatic carbocycles. The first-order valence-corrected chi connectivity index (χ1v) is 10.8. The summed E-state index contributed by atoms with van der Waals surface area (Å²) in [4.78, 5) is 0. The van der Waals surface area contributed by atoms with E-state index in [-0.39, 0.29) is 0 Å². The van der Waals surface area contributed by atoms with Crippen molar-refractivity contribution in [3.63, 3.8) is 0 Å². The Bertz CT molecular complexity index is 1050. The van der Waals surface area contributed by atoms with Crippen LogP contribution < -0.4 is 0 Å². The van der Waals surface area contributed by atoms with E-state index in [0.29, 0.717) is 5.92 Å². The molecule has 0 unspecified atom stereocenters. The number of hydrogen-bond donors (Lipinski definition) is 0. The molecule has 0 heterocycles. The minimum Gasteiger partial charge on any atom is -0.0661 e. The van der Waals surface area contributed by atoms with Crippen LogP contribution in [0, 0.1) is 43.4 Å². The van der Waals surface area contributed by atoms with Gasteiger partial charge < -0.3 is 0 Å². The lowest BCUT2D eigenvalue weighted by Crippen LogP contribution is -2.06. The normalized spacial score (nSPS) is 16.6. The minimum absolute atomic E-state index is 0.661. The SMILES string of the molecule is Cc1ccc(C#CC2=CC(C3CCCC3)=C(C#Cc3ccc(C)cc3)CC2)cc1. The zero-order valence-electron chi connectivity index (χ0n) is 17.5. The van der Waals surface area contributed by atoms with Crippen molar-refractivity contribution in [2.45, 2.75) is 52.4 Å². The van der Waals surface area contributed by atoms with Crippen LogP contribution in [0.25, 0.3) is 0 Å². The second-order valence-electron chi connectivity index (χ2n) is 8.32. The highest BCUT2D eigenvalue weighted by Crippen LogP contribution is 2.37. The molecule has 29 heavy (non-hydrogen) atoms.